The number of nitrogens with zero attached hydrogens (tertiary/aromatic N) is 4. The van der Waals surface area contributed by atoms with E-state index in [1.807, 2.05) is 0 Å². The molecule has 2 atom stereocenters. The molecule has 7 nitrogen and oxygen atoms in total. The summed E-state index contributed by atoms with van der Waals surface area (Å²) in [5, 5.41) is 7.49. The summed E-state index contributed by atoms with van der Waals surface area (Å²) in [6.07, 6.45) is 2.63. The van der Waals surface area contributed by atoms with Crippen LogP contribution in [0.1, 0.15) is 6.42 Å². The average Bonchev–Trinajstić information content (AvgIpc) is 2.95. The number of nitrogen functional groups attached to an aromatic ring is 1. The topological polar surface area (TPSA) is 90.9 Å². The molecule has 3 N–H and O–H groups in total. The lowest BCUT2D eigenvalue weighted by molar-refractivity contribution is 0.142. The molecule has 0 aliphatic carbocycles. The van der Waals surface area contributed by atoms with E-state index >= 15 is 0 Å². The molecule has 0 saturated carbocycles. The van der Waals surface area contributed by atoms with Crippen LogP contribution in [0.25, 0.3) is 11.0 Å². The fourth-order valence-electron chi connectivity index (χ4n) is 2.39. The number of nitrogens with one attached hydrogen (secondary N) is 1. The minimum absolute atomic E-state index is 0.0344. The van der Waals surface area contributed by atoms with E-state index in [1.165, 1.54) is 0 Å². The van der Waals surface area contributed by atoms with Crippen LogP contribution >= 0.6 is 15.9 Å². The Morgan fingerprint density at radius 1 is 1.55 bits per heavy atom. The monoisotopic (exact) mass is 338 g/mol. The van der Waals surface area contributed by atoms with Crippen molar-refractivity contribution in [3.05, 3.63) is 17.3 Å². The van der Waals surface area contributed by atoms with Crippen LogP contribution in [0.2, 0.25) is 0 Å². The number of fused-ring (bicyclic) bond motifs is 1. The number of hydrogen-bond donors (Lipinski definition) is 2. The maximum Gasteiger partial charge on any atom is 0.225 e. The molecular weight excluding hydrogens is 324 g/mol. The van der Waals surface area contributed by atoms with Gasteiger partial charge in [-0.15, -0.1) is 6.58 Å². The molecule has 0 spiro atoms. The third-order valence-electron chi connectivity index (χ3n) is 3.35. The van der Waals surface area contributed by atoms with Gasteiger partial charge in [-0.2, -0.15) is 10.1 Å². The van der Waals surface area contributed by atoms with E-state index in [2.05, 4.69) is 42.9 Å². The van der Waals surface area contributed by atoms with Crippen molar-refractivity contribution < 1.29 is 4.74 Å². The Balaban J connectivity index is 1.96. The van der Waals surface area contributed by atoms with E-state index < -0.39 is 0 Å². The molecule has 20 heavy (non-hydrogen) atoms. The van der Waals surface area contributed by atoms with Gasteiger partial charge in [0.1, 0.15) is 11.0 Å². The molecule has 0 unspecified atom stereocenters. The molecule has 3 rings (SSSR count). The molecule has 1 fully saturated rings. The van der Waals surface area contributed by atoms with E-state index in [4.69, 9.17) is 10.5 Å². The summed E-state index contributed by atoms with van der Waals surface area (Å²) in [6.45, 7) is 4.47. The van der Waals surface area contributed by atoms with E-state index in [0.717, 1.165) is 6.42 Å². The molecule has 0 radical (unpaired) electrons. The van der Waals surface area contributed by atoms with Gasteiger partial charge in [-0.05, 0) is 22.4 Å². The van der Waals surface area contributed by atoms with Crippen molar-refractivity contribution in [2.75, 3.05) is 17.7 Å². The highest BCUT2D eigenvalue weighted by molar-refractivity contribution is 9.10. The predicted octanol–water partition coefficient (Wildman–Crippen LogP) is 1.46. The standard InChI is InChI=1S/C12H15BrN6O/c1-3-7-6(4-5-20-7)15-12-16-8-9(11(14)17-12)19(2)18-10(8)13/h3,6-7H,1,4-5H2,2H3,(H3,14,15,16,17)/t6-,7+/m1/s1. The third kappa shape index (κ3) is 2.14. The van der Waals surface area contributed by atoms with E-state index in [0.29, 0.717) is 34.0 Å². The summed E-state index contributed by atoms with van der Waals surface area (Å²) < 4.78 is 7.84. The van der Waals surface area contributed by atoms with E-state index in [-0.39, 0.29) is 12.1 Å². The Bertz CT molecular complexity index is 670. The van der Waals surface area contributed by atoms with Crippen LogP contribution in [0.4, 0.5) is 11.8 Å². The van der Waals surface area contributed by atoms with Gasteiger partial charge in [-0.25, -0.2) is 4.98 Å². The van der Waals surface area contributed by atoms with Gasteiger partial charge < -0.3 is 15.8 Å². The van der Waals surface area contributed by atoms with Crippen molar-refractivity contribution in [1.29, 1.82) is 0 Å². The number of hydrogen-bond acceptors (Lipinski definition) is 6. The smallest absolute Gasteiger partial charge is 0.225 e. The summed E-state index contributed by atoms with van der Waals surface area (Å²) in [7, 11) is 1.80. The minimum atomic E-state index is -0.0344. The van der Waals surface area contributed by atoms with Crippen molar-refractivity contribution in [3.8, 4) is 0 Å². The van der Waals surface area contributed by atoms with Gasteiger partial charge in [0.25, 0.3) is 0 Å². The fraction of sp³-hybridized carbons (Fsp3) is 0.417. The molecule has 1 saturated heterocycles. The zero-order valence-corrected chi connectivity index (χ0v) is 12.6. The maximum atomic E-state index is 5.99. The molecule has 106 valence electrons. The molecular formula is C12H15BrN6O. The number of rotatable bonds is 3. The van der Waals surface area contributed by atoms with Crippen LogP contribution < -0.4 is 11.1 Å². The van der Waals surface area contributed by atoms with Gasteiger partial charge in [-0.3, -0.25) is 4.68 Å². The largest absolute Gasteiger partial charge is 0.382 e. The molecule has 0 bridgehead atoms. The van der Waals surface area contributed by atoms with E-state index in [9.17, 15) is 0 Å². The summed E-state index contributed by atoms with van der Waals surface area (Å²) in [5.41, 5.74) is 7.39. The highest BCUT2D eigenvalue weighted by Crippen LogP contribution is 2.26. The summed E-state index contributed by atoms with van der Waals surface area (Å²) >= 11 is 3.38. The van der Waals surface area contributed by atoms with Crippen molar-refractivity contribution in [2.45, 2.75) is 18.6 Å². The van der Waals surface area contributed by atoms with Gasteiger partial charge in [0, 0.05) is 13.7 Å². The Kier molecular flexibility index (Phi) is 3.35. The molecule has 0 aromatic carbocycles. The van der Waals surface area contributed by atoms with Crippen LogP contribution in [0, 0.1) is 0 Å². The molecule has 0 amide bonds. The highest BCUT2D eigenvalue weighted by Gasteiger charge is 2.26. The summed E-state index contributed by atoms with van der Waals surface area (Å²) in [5.74, 6) is 0.873. The van der Waals surface area contributed by atoms with Crippen LogP contribution in [-0.2, 0) is 11.8 Å². The molecule has 2 aromatic rings. The molecule has 8 heteroatoms. The Morgan fingerprint density at radius 3 is 3.10 bits per heavy atom. The number of aromatic nitrogens is 4. The Hall–Kier alpha value is -1.67. The number of nitrogens with two attached hydrogens (primary N) is 1. The lowest BCUT2D eigenvalue weighted by atomic mass is 10.1. The van der Waals surface area contributed by atoms with Crippen LogP contribution in [0.5, 0.6) is 0 Å². The summed E-state index contributed by atoms with van der Waals surface area (Å²) in [4.78, 5) is 8.76. The number of ether oxygens (including phenoxy) is 1. The first-order valence-corrected chi connectivity index (χ1v) is 7.06. The average molecular weight is 339 g/mol. The Morgan fingerprint density at radius 2 is 2.35 bits per heavy atom. The quantitative estimate of drug-likeness (QED) is 0.823. The number of halogens is 1. The zero-order chi connectivity index (χ0) is 14.3. The van der Waals surface area contributed by atoms with Gasteiger partial charge in [0.2, 0.25) is 5.95 Å². The highest BCUT2D eigenvalue weighted by atomic mass is 79.9. The molecule has 3 heterocycles. The molecule has 2 aromatic heterocycles. The second-order valence-corrected chi connectivity index (χ2v) is 5.41. The molecule has 1 aliphatic rings. The lowest BCUT2D eigenvalue weighted by Crippen LogP contribution is -2.28. The third-order valence-corrected chi connectivity index (χ3v) is 3.88. The summed E-state index contributed by atoms with van der Waals surface area (Å²) in [6, 6.07) is 0.111. The predicted molar refractivity (Wildman–Crippen MR) is 80.4 cm³/mol. The lowest BCUT2D eigenvalue weighted by Gasteiger charge is -2.16. The van der Waals surface area contributed by atoms with Crippen molar-refractivity contribution in [3.63, 3.8) is 0 Å². The van der Waals surface area contributed by atoms with Gasteiger partial charge in [0.15, 0.2) is 10.4 Å². The van der Waals surface area contributed by atoms with Crippen LogP contribution in [0.3, 0.4) is 0 Å². The van der Waals surface area contributed by atoms with Gasteiger partial charge in [0.05, 0.1) is 12.1 Å². The first kappa shape index (κ1) is 13.3. The van der Waals surface area contributed by atoms with Crippen molar-refractivity contribution in [1.82, 2.24) is 19.7 Å². The van der Waals surface area contributed by atoms with Crippen LogP contribution in [-0.4, -0.2) is 38.5 Å². The second-order valence-electron chi connectivity index (χ2n) is 4.65. The fourth-order valence-corrected chi connectivity index (χ4v) is 2.91. The van der Waals surface area contributed by atoms with E-state index in [1.54, 1.807) is 17.8 Å². The SMILES string of the molecule is C=C[C@@H]1OCC[C@H]1Nc1nc(N)c2c(n1)c(Br)nn2C. The van der Waals surface area contributed by atoms with Crippen molar-refractivity contribution in [2.24, 2.45) is 7.05 Å². The first-order valence-electron chi connectivity index (χ1n) is 6.26. The van der Waals surface area contributed by atoms with Gasteiger partial charge in [-0.1, -0.05) is 6.08 Å². The van der Waals surface area contributed by atoms with Crippen molar-refractivity contribution >= 4 is 38.7 Å². The minimum Gasteiger partial charge on any atom is -0.382 e. The van der Waals surface area contributed by atoms with Crippen LogP contribution in [0.15, 0.2) is 17.3 Å². The zero-order valence-electron chi connectivity index (χ0n) is 11.0. The normalized spacial score (nSPS) is 22.3. The Labute approximate surface area is 124 Å². The molecule has 1 aliphatic heterocycles. The second kappa shape index (κ2) is 5.02. The number of aryl methyl sites for hydroxylation is 1. The number of anilines is 2. The van der Waals surface area contributed by atoms with Gasteiger partial charge >= 0.3 is 0 Å². The first-order chi connectivity index (χ1) is 9.60. The maximum absolute atomic E-state index is 5.99.